The number of rotatable bonds is 6. The number of hydrogen-bond acceptors (Lipinski definition) is 4. The Bertz CT molecular complexity index is 440. The summed E-state index contributed by atoms with van der Waals surface area (Å²) in [6.07, 6.45) is 0. The van der Waals surface area contributed by atoms with Gasteiger partial charge in [-0.05, 0) is 25.1 Å². The first-order valence-corrected chi connectivity index (χ1v) is 5.57. The van der Waals surface area contributed by atoms with Crippen molar-refractivity contribution in [3.05, 3.63) is 29.8 Å². The number of carbonyl (C=O) groups is 1. The van der Waals surface area contributed by atoms with Gasteiger partial charge in [0.15, 0.2) is 6.61 Å². The first-order chi connectivity index (χ1) is 8.65. The molecule has 0 heterocycles. The van der Waals surface area contributed by atoms with Crippen LogP contribution in [0, 0.1) is 11.3 Å². The molecule has 1 aromatic rings. The fourth-order valence-electron chi connectivity index (χ4n) is 1.41. The lowest BCUT2D eigenvalue weighted by Gasteiger charge is -2.13. The Balaban J connectivity index is 2.40. The van der Waals surface area contributed by atoms with Crippen LogP contribution < -0.4 is 10.1 Å². The van der Waals surface area contributed by atoms with Crippen molar-refractivity contribution in [1.82, 2.24) is 5.32 Å². The van der Waals surface area contributed by atoms with Gasteiger partial charge in [0.2, 0.25) is 0 Å². The summed E-state index contributed by atoms with van der Waals surface area (Å²) in [5.41, 5.74) is 0.501. The van der Waals surface area contributed by atoms with Crippen LogP contribution in [0.15, 0.2) is 24.3 Å². The Kier molecular flexibility index (Phi) is 5.68. The van der Waals surface area contributed by atoms with Gasteiger partial charge in [0.05, 0.1) is 18.2 Å². The summed E-state index contributed by atoms with van der Waals surface area (Å²) in [7, 11) is 1.58. The minimum Gasteiger partial charge on any atom is -0.484 e. The van der Waals surface area contributed by atoms with Crippen LogP contribution in [0.3, 0.4) is 0 Å². The minimum absolute atomic E-state index is 0.0588. The number of nitrogens with one attached hydrogen (secondary N) is 1. The monoisotopic (exact) mass is 248 g/mol. The van der Waals surface area contributed by atoms with Crippen LogP contribution in [0.5, 0.6) is 5.75 Å². The van der Waals surface area contributed by atoms with Gasteiger partial charge in [0, 0.05) is 13.2 Å². The maximum atomic E-state index is 11.5. The van der Waals surface area contributed by atoms with Crippen molar-refractivity contribution < 1.29 is 14.3 Å². The molecule has 0 radical (unpaired) electrons. The zero-order valence-corrected chi connectivity index (χ0v) is 10.5. The topological polar surface area (TPSA) is 71.3 Å². The Morgan fingerprint density at radius 1 is 1.56 bits per heavy atom. The molecule has 1 aromatic carbocycles. The van der Waals surface area contributed by atoms with Crippen LogP contribution in [0.2, 0.25) is 0 Å². The number of benzene rings is 1. The maximum absolute atomic E-state index is 11.5. The third-order valence-electron chi connectivity index (χ3n) is 2.16. The van der Waals surface area contributed by atoms with Gasteiger partial charge in [-0.15, -0.1) is 0 Å². The zero-order chi connectivity index (χ0) is 13.4. The Morgan fingerprint density at radius 2 is 2.33 bits per heavy atom. The van der Waals surface area contributed by atoms with Crippen molar-refractivity contribution in [3.63, 3.8) is 0 Å². The highest BCUT2D eigenvalue weighted by Gasteiger charge is 2.07. The predicted octanol–water partition coefficient (Wildman–Crippen LogP) is 1.09. The quantitative estimate of drug-likeness (QED) is 0.818. The summed E-state index contributed by atoms with van der Waals surface area (Å²) < 4.78 is 10.2. The molecule has 0 aliphatic heterocycles. The molecule has 5 nitrogen and oxygen atoms in total. The van der Waals surface area contributed by atoms with E-state index in [1.54, 1.807) is 31.4 Å². The van der Waals surface area contributed by atoms with Gasteiger partial charge in [-0.2, -0.15) is 5.26 Å². The molecule has 96 valence electrons. The number of carbonyl (C=O) groups excluding carboxylic acids is 1. The molecule has 1 atom stereocenters. The highest BCUT2D eigenvalue weighted by Crippen LogP contribution is 2.12. The molecule has 0 fully saturated rings. The first-order valence-electron chi connectivity index (χ1n) is 5.57. The third-order valence-corrected chi connectivity index (χ3v) is 2.16. The molecule has 0 aliphatic carbocycles. The Morgan fingerprint density at radius 3 is 3.00 bits per heavy atom. The molecule has 0 bridgehead atoms. The van der Waals surface area contributed by atoms with Crippen LogP contribution in [0.4, 0.5) is 0 Å². The van der Waals surface area contributed by atoms with E-state index in [1.807, 2.05) is 13.0 Å². The second-order valence-electron chi connectivity index (χ2n) is 3.85. The van der Waals surface area contributed by atoms with Crippen LogP contribution in [0.1, 0.15) is 12.5 Å². The number of hydrogen-bond donors (Lipinski definition) is 1. The molecule has 0 unspecified atom stereocenters. The third kappa shape index (κ3) is 4.85. The molecule has 0 spiro atoms. The SMILES string of the molecule is COC[C@@H](C)NC(=O)COc1cccc(C#N)c1. The highest BCUT2D eigenvalue weighted by atomic mass is 16.5. The zero-order valence-electron chi connectivity index (χ0n) is 10.5. The average molecular weight is 248 g/mol. The van der Waals surface area contributed by atoms with E-state index in [2.05, 4.69) is 5.32 Å². The summed E-state index contributed by atoms with van der Waals surface area (Å²) in [6, 6.07) is 8.62. The highest BCUT2D eigenvalue weighted by molar-refractivity contribution is 5.77. The van der Waals surface area contributed by atoms with E-state index >= 15 is 0 Å². The normalized spacial score (nSPS) is 11.4. The lowest BCUT2D eigenvalue weighted by atomic mass is 10.2. The smallest absolute Gasteiger partial charge is 0.258 e. The van der Waals surface area contributed by atoms with E-state index in [-0.39, 0.29) is 18.6 Å². The summed E-state index contributed by atoms with van der Waals surface area (Å²) in [5.74, 6) is 0.283. The minimum atomic E-state index is -0.220. The molecular weight excluding hydrogens is 232 g/mol. The summed E-state index contributed by atoms with van der Waals surface area (Å²) in [5, 5.41) is 11.4. The summed E-state index contributed by atoms with van der Waals surface area (Å²) >= 11 is 0. The number of nitriles is 1. The number of ether oxygens (including phenoxy) is 2. The predicted molar refractivity (Wildman–Crippen MR) is 66.1 cm³/mol. The molecule has 1 rings (SSSR count). The summed E-state index contributed by atoms with van der Waals surface area (Å²) in [4.78, 5) is 11.5. The van der Waals surface area contributed by atoms with Crippen molar-refractivity contribution in [2.24, 2.45) is 0 Å². The van der Waals surface area contributed by atoms with E-state index in [0.717, 1.165) is 0 Å². The number of amides is 1. The van der Waals surface area contributed by atoms with Gasteiger partial charge in [0.25, 0.3) is 5.91 Å². The summed E-state index contributed by atoms with van der Waals surface area (Å²) in [6.45, 7) is 2.22. The van der Waals surface area contributed by atoms with Gasteiger partial charge in [-0.25, -0.2) is 0 Å². The van der Waals surface area contributed by atoms with Gasteiger partial charge in [0.1, 0.15) is 5.75 Å². The first kappa shape index (κ1) is 14.0. The van der Waals surface area contributed by atoms with Crippen LogP contribution in [-0.2, 0) is 9.53 Å². The van der Waals surface area contributed by atoms with Crippen molar-refractivity contribution in [2.45, 2.75) is 13.0 Å². The molecule has 0 saturated carbocycles. The van der Waals surface area contributed by atoms with E-state index in [4.69, 9.17) is 14.7 Å². The maximum Gasteiger partial charge on any atom is 0.258 e. The second kappa shape index (κ2) is 7.30. The standard InChI is InChI=1S/C13H16N2O3/c1-10(8-17-2)15-13(16)9-18-12-5-3-4-11(6-12)7-14/h3-6,10H,8-9H2,1-2H3,(H,15,16)/t10-/m1/s1. The number of nitrogens with zero attached hydrogens (tertiary/aromatic N) is 1. The molecule has 1 amide bonds. The van der Waals surface area contributed by atoms with Crippen molar-refractivity contribution in [3.8, 4) is 11.8 Å². The van der Waals surface area contributed by atoms with E-state index in [1.165, 1.54) is 0 Å². The lowest BCUT2D eigenvalue weighted by Crippen LogP contribution is -2.38. The van der Waals surface area contributed by atoms with Crippen LogP contribution >= 0.6 is 0 Å². The molecule has 0 aliphatic rings. The van der Waals surface area contributed by atoms with E-state index in [9.17, 15) is 4.79 Å². The molecular formula is C13H16N2O3. The van der Waals surface area contributed by atoms with Gasteiger partial charge >= 0.3 is 0 Å². The molecule has 5 heteroatoms. The Hall–Kier alpha value is -2.06. The molecule has 0 saturated heterocycles. The van der Waals surface area contributed by atoms with E-state index < -0.39 is 0 Å². The number of methoxy groups -OCH3 is 1. The van der Waals surface area contributed by atoms with E-state index in [0.29, 0.717) is 17.9 Å². The fraction of sp³-hybridized carbons (Fsp3) is 0.385. The molecule has 1 N–H and O–H groups in total. The lowest BCUT2D eigenvalue weighted by molar-refractivity contribution is -0.124. The second-order valence-corrected chi connectivity index (χ2v) is 3.85. The van der Waals surface area contributed by atoms with Crippen molar-refractivity contribution in [2.75, 3.05) is 20.3 Å². The molecule has 0 aromatic heterocycles. The largest absolute Gasteiger partial charge is 0.484 e. The Labute approximate surface area is 106 Å². The van der Waals surface area contributed by atoms with Crippen molar-refractivity contribution >= 4 is 5.91 Å². The van der Waals surface area contributed by atoms with Gasteiger partial charge in [-0.3, -0.25) is 4.79 Å². The van der Waals surface area contributed by atoms with Crippen LogP contribution in [0.25, 0.3) is 0 Å². The van der Waals surface area contributed by atoms with Crippen molar-refractivity contribution in [1.29, 1.82) is 5.26 Å². The van der Waals surface area contributed by atoms with Gasteiger partial charge in [-0.1, -0.05) is 6.07 Å². The average Bonchev–Trinajstić information content (AvgIpc) is 2.37. The van der Waals surface area contributed by atoms with Crippen LogP contribution in [-0.4, -0.2) is 32.3 Å². The van der Waals surface area contributed by atoms with Gasteiger partial charge < -0.3 is 14.8 Å². The molecule has 18 heavy (non-hydrogen) atoms. The fourth-order valence-corrected chi connectivity index (χ4v) is 1.41.